The number of ether oxygens (including phenoxy) is 1. The molecule has 0 unspecified atom stereocenters. The van der Waals surface area contributed by atoms with Crippen LogP contribution in [0.25, 0.3) is 0 Å². The molecule has 6 nitrogen and oxygen atoms in total. The van der Waals surface area contributed by atoms with Gasteiger partial charge in [0.15, 0.2) is 5.96 Å². The van der Waals surface area contributed by atoms with Crippen LogP contribution in [0.2, 0.25) is 0 Å². The predicted octanol–water partition coefficient (Wildman–Crippen LogP) is 2.44. The van der Waals surface area contributed by atoms with Crippen LogP contribution in [-0.2, 0) is 18.3 Å². The van der Waals surface area contributed by atoms with E-state index in [1.54, 1.807) is 11.7 Å². The van der Waals surface area contributed by atoms with Crippen molar-refractivity contribution in [2.24, 2.45) is 12.0 Å². The third-order valence-electron chi connectivity index (χ3n) is 3.99. The molecular weight excluding hydrogens is 405 g/mol. The molecule has 23 heavy (non-hydrogen) atoms. The van der Waals surface area contributed by atoms with Crippen LogP contribution in [0.3, 0.4) is 0 Å². The standard InChI is InChI=1S/C16H29N5O.HI/c1-17-16(19-11-14-12-20-21(2)13-14)18-9-10-22-15-7-5-3-4-6-8-15;/h12-13,15H,3-11H2,1-2H3,(H2,17,18,19);1H. The highest BCUT2D eigenvalue weighted by atomic mass is 127. The van der Waals surface area contributed by atoms with Crippen molar-refractivity contribution in [3.8, 4) is 0 Å². The fraction of sp³-hybridized carbons (Fsp3) is 0.750. The molecule has 0 bridgehead atoms. The quantitative estimate of drug-likeness (QED) is 0.237. The van der Waals surface area contributed by atoms with Gasteiger partial charge >= 0.3 is 0 Å². The molecule has 0 aromatic carbocycles. The molecule has 1 aromatic heterocycles. The van der Waals surface area contributed by atoms with E-state index in [-0.39, 0.29) is 24.0 Å². The summed E-state index contributed by atoms with van der Waals surface area (Å²) < 4.78 is 7.76. The Labute approximate surface area is 156 Å². The largest absolute Gasteiger partial charge is 0.376 e. The number of aliphatic imine (C=N–C) groups is 1. The number of aromatic nitrogens is 2. The summed E-state index contributed by atoms with van der Waals surface area (Å²) in [5.41, 5.74) is 1.14. The molecule has 0 aliphatic heterocycles. The van der Waals surface area contributed by atoms with E-state index in [9.17, 15) is 0 Å². The van der Waals surface area contributed by atoms with Gasteiger partial charge in [-0.15, -0.1) is 24.0 Å². The van der Waals surface area contributed by atoms with Gasteiger partial charge in [0.05, 0.1) is 18.9 Å². The van der Waals surface area contributed by atoms with Gasteiger partial charge in [-0.2, -0.15) is 5.10 Å². The third kappa shape index (κ3) is 8.01. The SMILES string of the molecule is CN=C(NCCOC1CCCCCC1)NCc1cnn(C)c1.I. The molecule has 0 amide bonds. The van der Waals surface area contributed by atoms with E-state index in [1.165, 1.54) is 38.5 Å². The number of rotatable bonds is 6. The second-order valence-electron chi connectivity index (χ2n) is 5.86. The first kappa shape index (κ1) is 20.2. The lowest BCUT2D eigenvalue weighted by Gasteiger charge is -2.16. The lowest BCUT2D eigenvalue weighted by molar-refractivity contribution is 0.0468. The van der Waals surface area contributed by atoms with E-state index in [0.29, 0.717) is 6.10 Å². The minimum absolute atomic E-state index is 0. The number of halogens is 1. The van der Waals surface area contributed by atoms with Gasteiger partial charge in [-0.25, -0.2) is 0 Å². The average molecular weight is 435 g/mol. The summed E-state index contributed by atoms with van der Waals surface area (Å²) >= 11 is 0. The maximum atomic E-state index is 5.97. The number of aryl methyl sites for hydroxylation is 1. The van der Waals surface area contributed by atoms with Gasteiger partial charge in [-0.05, 0) is 12.8 Å². The van der Waals surface area contributed by atoms with Gasteiger partial charge in [-0.1, -0.05) is 25.7 Å². The van der Waals surface area contributed by atoms with Crippen molar-refractivity contribution in [3.05, 3.63) is 18.0 Å². The first-order chi connectivity index (χ1) is 10.8. The Balaban J connectivity index is 0.00000264. The molecule has 0 radical (unpaired) electrons. The van der Waals surface area contributed by atoms with Crippen LogP contribution < -0.4 is 10.6 Å². The Bertz CT molecular complexity index is 455. The van der Waals surface area contributed by atoms with Crippen LogP contribution in [0.4, 0.5) is 0 Å². The number of guanidine groups is 1. The van der Waals surface area contributed by atoms with Crippen LogP contribution in [0.1, 0.15) is 44.1 Å². The molecule has 0 atom stereocenters. The summed E-state index contributed by atoms with van der Waals surface area (Å²) in [6, 6.07) is 0. The van der Waals surface area contributed by atoms with Crippen molar-refractivity contribution in [1.29, 1.82) is 0 Å². The van der Waals surface area contributed by atoms with Gasteiger partial charge in [0.1, 0.15) is 0 Å². The highest BCUT2D eigenvalue weighted by Crippen LogP contribution is 2.19. The van der Waals surface area contributed by atoms with E-state index in [0.717, 1.165) is 31.2 Å². The van der Waals surface area contributed by atoms with Gasteiger partial charge in [0, 0.05) is 38.9 Å². The second kappa shape index (κ2) is 11.7. The minimum Gasteiger partial charge on any atom is -0.376 e. The first-order valence-electron chi connectivity index (χ1n) is 8.31. The number of nitrogens with zero attached hydrogens (tertiary/aromatic N) is 3. The lowest BCUT2D eigenvalue weighted by Crippen LogP contribution is -2.38. The van der Waals surface area contributed by atoms with Crippen LogP contribution in [0.5, 0.6) is 0 Å². The van der Waals surface area contributed by atoms with Crippen LogP contribution in [0.15, 0.2) is 17.4 Å². The third-order valence-corrected chi connectivity index (χ3v) is 3.99. The molecule has 1 saturated carbocycles. The summed E-state index contributed by atoms with van der Waals surface area (Å²) in [5.74, 6) is 0.799. The predicted molar refractivity (Wildman–Crippen MR) is 104 cm³/mol. The van der Waals surface area contributed by atoms with Gasteiger partial charge < -0.3 is 15.4 Å². The average Bonchev–Trinajstić information content (AvgIpc) is 2.78. The topological polar surface area (TPSA) is 63.5 Å². The van der Waals surface area contributed by atoms with Crippen molar-refractivity contribution in [3.63, 3.8) is 0 Å². The number of hydrogen-bond donors (Lipinski definition) is 2. The molecule has 132 valence electrons. The molecule has 1 aliphatic carbocycles. The molecule has 1 heterocycles. The van der Waals surface area contributed by atoms with Crippen LogP contribution in [0, 0.1) is 0 Å². The van der Waals surface area contributed by atoms with Crippen molar-refractivity contribution >= 4 is 29.9 Å². The van der Waals surface area contributed by atoms with Gasteiger partial charge in [0.2, 0.25) is 0 Å². The molecule has 1 fully saturated rings. The van der Waals surface area contributed by atoms with Crippen LogP contribution >= 0.6 is 24.0 Å². The zero-order chi connectivity index (χ0) is 15.6. The summed E-state index contributed by atoms with van der Waals surface area (Å²) in [5, 5.41) is 10.7. The normalized spacial score (nSPS) is 16.5. The second-order valence-corrected chi connectivity index (χ2v) is 5.86. The van der Waals surface area contributed by atoms with E-state index in [4.69, 9.17) is 4.74 Å². The fourth-order valence-corrected chi connectivity index (χ4v) is 2.77. The Hall–Kier alpha value is -0.830. The van der Waals surface area contributed by atoms with E-state index >= 15 is 0 Å². The highest BCUT2D eigenvalue weighted by Gasteiger charge is 2.12. The van der Waals surface area contributed by atoms with Crippen molar-refractivity contribution in [1.82, 2.24) is 20.4 Å². The Morgan fingerprint density at radius 3 is 2.65 bits per heavy atom. The number of nitrogens with one attached hydrogen (secondary N) is 2. The molecule has 2 rings (SSSR count). The Morgan fingerprint density at radius 2 is 2.04 bits per heavy atom. The lowest BCUT2D eigenvalue weighted by atomic mass is 10.1. The maximum absolute atomic E-state index is 5.97. The van der Waals surface area contributed by atoms with Crippen molar-refractivity contribution < 1.29 is 4.74 Å². The minimum atomic E-state index is 0. The first-order valence-corrected chi connectivity index (χ1v) is 8.31. The molecule has 2 N–H and O–H groups in total. The molecule has 0 spiro atoms. The smallest absolute Gasteiger partial charge is 0.191 e. The Kier molecular flexibility index (Phi) is 10.3. The zero-order valence-corrected chi connectivity index (χ0v) is 16.6. The molecule has 1 aromatic rings. The maximum Gasteiger partial charge on any atom is 0.191 e. The highest BCUT2D eigenvalue weighted by molar-refractivity contribution is 14.0. The van der Waals surface area contributed by atoms with Crippen molar-refractivity contribution in [2.45, 2.75) is 51.2 Å². The molecule has 7 heteroatoms. The van der Waals surface area contributed by atoms with Gasteiger partial charge in [-0.3, -0.25) is 9.67 Å². The summed E-state index contributed by atoms with van der Waals surface area (Å²) in [6.45, 7) is 2.23. The van der Waals surface area contributed by atoms with E-state index in [1.807, 2.05) is 19.4 Å². The van der Waals surface area contributed by atoms with E-state index < -0.39 is 0 Å². The fourth-order valence-electron chi connectivity index (χ4n) is 2.77. The Morgan fingerprint density at radius 1 is 1.30 bits per heavy atom. The summed E-state index contributed by atoms with van der Waals surface area (Å²) in [4.78, 5) is 4.22. The molecular formula is C16H30IN5O. The molecule has 1 aliphatic rings. The summed E-state index contributed by atoms with van der Waals surface area (Å²) in [7, 11) is 3.70. The monoisotopic (exact) mass is 435 g/mol. The zero-order valence-electron chi connectivity index (χ0n) is 14.3. The van der Waals surface area contributed by atoms with Crippen LogP contribution in [-0.4, -0.2) is 42.0 Å². The van der Waals surface area contributed by atoms with Crippen molar-refractivity contribution in [2.75, 3.05) is 20.2 Å². The summed E-state index contributed by atoms with van der Waals surface area (Å²) in [6.07, 6.45) is 12.1. The number of hydrogen-bond acceptors (Lipinski definition) is 3. The van der Waals surface area contributed by atoms with E-state index in [2.05, 4.69) is 20.7 Å². The van der Waals surface area contributed by atoms with Gasteiger partial charge in [0.25, 0.3) is 0 Å². The molecule has 0 saturated heterocycles.